The maximum atomic E-state index is 10.8. The van der Waals surface area contributed by atoms with E-state index >= 15 is 0 Å². The Morgan fingerprint density at radius 3 is 2.00 bits per heavy atom. The summed E-state index contributed by atoms with van der Waals surface area (Å²) in [5.74, 6) is -2.10. The molecular weight excluding hydrogens is 280 g/mol. The third kappa shape index (κ3) is 13.9. The molecule has 0 saturated heterocycles. The van der Waals surface area contributed by atoms with Crippen LogP contribution in [0.5, 0.6) is 0 Å². The highest BCUT2D eigenvalue weighted by Gasteiger charge is 2.11. The van der Waals surface area contributed by atoms with Crippen molar-refractivity contribution >= 4 is 18.1 Å². The van der Waals surface area contributed by atoms with Gasteiger partial charge in [-0.3, -0.25) is 0 Å². The molecule has 0 aromatic rings. The maximum Gasteiger partial charge on any atom is 0.516 e. The number of carbonyl (C=O) groups excluding carboxylic acids is 3. The average Bonchev–Trinajstić information content (AvgIpc) is 2.43. The second kappa shape index (κ2) is 12.7. The Balaban J connectivity index is 0. The van der Waals surface area contributed by atoms with Crippen LogP contribution in [0.25, 0.3) is 0 Å². The number of carbonyl (C=O) groups is 3. The van der Waals surface area contributed by atoms with Gasteiger partial charge in [-0.2, -0.15) is 0 Å². The molecule has 0 saturated carbocycles. The van der Waals surface area contributed by atoms with Gasteiger partial charge in [-0.1, -0.05) is 26.3 Å². The molecule has 0 aliphatic rings. The van der Waals surface area contributed by atoms with Gasteiger partial charge >= 0.3 is 18.1 Å². The monoisotopic (exact) mass is 302 g/mol. The smallest absolute Gasteiger partial charge is 0.502 e. The van der Waals surface area contributed by atoms with Gasteiger partial charge in [0.1, 0.15) is 0 Å². The van der Waals surface area contributed by atoms with E-state index < -0.39 is 23.9 Å². The Bertz CT molecular complexity index is 385. The van der Waals surface area contributed by atoms with Crippen molar-refractivity contribution in [2.75, 3.05) is 13.7 Å². The van der Waals surface area contributed by atoms with E-state index in [9.17, 15) is 14.4 Å². The summed E-state index contributed by atoms with van der Waals surface area (Å²) in [6, 6.07) is 0. The number of hydrogen-bond donors (Lipinski definition) is 1. The molecule has 0 spiro atoms. The zero-order chi connectivity index (χ0) is 16.8. The highest BCUT2D eigenvalue weighted by Crippen LogP contribution is 1.98. The topological polar surface area (TPSA) is 99.1 Å². The molecule has 0 rings (SSSR count). The third-order valence-corrected chi connectivity index (χ3v) is 1.91. The lowest BCUT2D eigenvalue weighted by Gasteiger charge is -2.03. The molecule has 0 unspecified atom stereocenters. The molecule has 0 radical (unpaired) electrons. The first-order valence-electron chi connectivity index (χ1n) is 6.26. The number of aliphatic hydroxyl groups excluding tert-OH is 1. The highest BCUT2D eigenvalue weighted by molar-refractivity contribution is 5.93. The van der Waals surface area contributed by atoms with E-state index in [1.54, 1.807) is 0 Å². The fourth-order valence-electron chi connectivity index (χ4n) is 0.818. The van der Waals surface area contributed by atoms with Crippen LogP contribution in [0.2, 0.25) is 0 Å². The molecule has 7 heteroatoms. The Morgan fingerprint density at radius 2 is 1.67 bits per heavy atom. The van der Waals surface area contributed by atoms with Gasteiger partial charge in [0.2, 0.25) is 0 Å². The first kappa shape index (κ1) is 21.0. The Kier molecular flexibility index (Phi) is 12.7. The normalized spacial score (nSPS) is 8.71. The van der Waals surface area contributed by atoms with E-state index in [1.165, 1.54) is 14.0 Å². The first-order chi connectivity index (χ1) is 9.76. The van der Waals surface area contributed by atoms with Crippen molar-refractivity contribution in [3.8, 4) is 0 Å². The molecule has 0 aromatic carbocycles. The van der Waals surface area contributed by atoms with Crippen LogP contribution in [0.3, 0.4) is 0 Å². The molecule has 0 aromatic heterocycles. The first-order valence-corrected chi connectivity index (χ1v) is 6.26. The lowest BCUT2D eigenvalue weighted by Crippen LogP contribution is -2.14. The summed E-state index contributed by atoms with van der Waals surface area (Å²) >= 11 is 0. The Labute approximate surface area is 124 Å². The van der Waals surface area contributed by atoms with Crippen LogP contribution in [-0.2, 0) is 23.8 Å². The molecule has 21 heavy (non-hydrogen) atoms. The van der Waals surface area contributed by atoms with Crippen LogP contribution in [0.4, 0.5) is 4.79 Å². The number of rotatable bonds is 6. The minimum Gasteiger partial charge on any atom is -0.502 e. The van der Waals surface area contributed by atoms with Gasteiger partial charge in [0.15, 0.2) is 5.76 Å². The van der Waals surface area contributed by atoms with Gasteiger partial charge in [0, 0.05) is 5.57 Å². The van der Waals surface area contributed by atoms with Crippen molar-refractivity contribution in [2.45, 2.75) is 33.1 Å². The van der Waals surface area contributed by atoms with Gasteiger partial charge in [0.05, 0.1) is 13.7 Å². The van der Waals surface area contributed by atoms with E-state index in [1.807, 2.05) is 6.92 Å². The van der Waals surface area contributed by atoms with Gasteiger partial charge in [-0.15, -0.1) is 0 Å². The zero-order valence-electron chi connectivity index (χ0n) is 12.6. The second-order valence-electron chi connectivity index (χ2n) is 3.91. The van der Waals surface area contributed by atoms with Crippen LogP contribution in [0, 0.1) is 0 Å². The van der Waals surface area contributed by atoms with Crippen molar-refractivity contribution in [3.63, 3.8) is 0 Å². The summed E-state index contributed by atoms with van der Waals surface area (Å²) in [6.07, 6.45) is 1.87. The van der Waals surface area contributed by atoms with Gasteiger partial charge < -0.3 is 19.3 Å². The lowest BCUT2D eigenvalue weighted by atomic mass is 10.3. The number of aliphatic hydroxyl groups is 1. The molecule has 1 N–H and O–H groups in total. The summed E-state index contributed by atoms with van der Waals surface area (Å²) < 4.78 is 13.0. The standard InChI is InChI=1S/C10H16O4.C4H6O3/c1-4-5-6-7-13-10(12)14-9(11)8(2)3;1-3(5)4(6)7-2/h2,4-7H2,1,3H3;5H,1H2,2H3. The predicted octanol–water partition coefficient (Wildman–Crippen LogP) is 2.66. The van der Waals surface area contributed by atoms with Crippen molar-refractivity contribution in [2.24, 2.45) is 0 Å². The van der Waals surface area contributed by atoms with E-state index in [-0.39, 0.29) is 12.2 Å². The highest BCUT2D eigenvalue weighted by atomic mass is 16.7. The molecule has 0 aliphatic heterocycles. The molecule has 0 heterocycles. The molecule has 0 atom stereocenters. The third-order valence-electron chi connectivity index (χ3n) is 1.91. The van der Waals surface area contributed by atoms with Crippen LogP contribution >= 0.6 is 0 Å². The van der Waals surface area contributed by atoms with E-state index in [4.69, 9.17) is 5.11 Å². The molecule has 120 valence electrons. The van der Waals surface area contributed by atoms with E-state index in [0.717, 1.165) is 19.3 Å². The number of esters is 2. The average molecular weight is 302 g/mol. The quantitative estimate of drug-likeness (QED) is 0.265. The molecule has 0 aliphatic carbocycles. The van der Waals surface area contributed by atoms with Crippen LogP contribution < -0.4 is 0 Å². The minimum absolute atomic E-state index is 0.176. The van der Waals surface area contributed by atoms with Crippen molar-refractivity contribution < 1.29 is 33.7 Å². The van der Waals surface area contributed by atoms with E-state index in [2.05, 4.69) is 27.4 Å². The number of ether oxygens (including phenoxy) is 3. The fourth-order valence-corrected chi connectivity index (χ4v) is 0.818. The number of hydrogen-bond acceptors (Lipinski definition) is 7. The largest absolute Gasteiger partial charge is 0.516 e. The summed E-state index contributed by atoms with van der Waals surface area (Å²) in [6.45, 7) is 10.0. The number of unbranched alkanes of at least 4 members (excludes halogenated alkanes) is 2. The maximum absolute atomic E-state index is 10.8. The second-order valence-corrected chi connectivity index (χ2v) is 3.91. The lowest BCUT2D eigenvalue weighted by molar-refractivity contribution is -0.139. The van der Waals surface area contributed by atoms with E-state index in [0.29, 0.717) is 0 Å². The van der Waals surface area contributed by atoms with Crippen LogP contribution in [-0.4, -0.2) is 36.9 Å². The van der Waals surface area contributed by atoms with Crippen molar-refractivity contribution in [3.05, 3.63) is 24.5 Å². The summed E-state index contributed by atoms with van der Waals surface area (Å²) in [5.41, 5.74) is 0.176. The summed E-state index contributed by atoms with van der Waals surface area (Å²) in [5, 5.41) is 8.15. The SMILES string of the molecule is C=C(C)C(=O)OC(=O)OCCCCC.C=C(O)C(=O)OC. The Morgan fingerprint density at radius 1 is 1.10 bits per heavy atom. The predicted molar refractivity (Wildman–Crippen MR) is 75.6 cm³/mol. The minimum atomic E-state index is -0.950. The fraction of sp³-hybridized carbons (Fsp3) is 0.500. The molecule has 0 fully saturated rings. The van der Waals surface area contributed by atoms with Crippen LogP contribution in [0.1, 0.15) is 33.1 Å². The van der Waals surface area contributed by atoms with Gasteiger partial charge in [0.25, 0.3) is 0 Å². The van der Waals surface area contributed by atoms with Crippen LogP contribution in [0.15, 0.2) is 24.5 Å². The molecule has 7 nitrogen and oxygen atoms in total. The molecule has 0 bridgehead atoms. The van der Waals surface area contributed by atoms with Gasteiger partial charge in [-0.05, 0) is 19.9 Å². The Hall–Kier alpha value is -2.31. The van der Waals surface area contributed by atoms with Crippen molar-refractivity contribution in [1.82, 2.24) is 0 Å². The summed E-state index contributed by atoms with van der Waals surface area (Å²) in [7, 11) is 1.17. The summed E-state index contributed by atoms with van der Waals surface area (Å²) in [4.78, 5) is 31.6. The number of methoxy groups -OCH3 is 1. The van der Waals surface area contributed by atoms with Gasteiger partial charge in [-0.25, -0.2) is 14.4 Å². The zero-order valence-corrected chi connectivity index (χ0v) is 12.6. The molecular formula is C14H22O7. The molecule has 0 amide bonds. The van der Waals surface area contributed by atoms with Crippen molar-refractivity contribution in [1.29, 1.82) is 0 Å².